The van der Waals surface area contributed by atoms with Crippen LogP contribution in [0.15, 0.2) is 88.2 Å². The van der Waals surface area contributed by atoms with Gasteiger partial charge in [0.15, 0.2) is 0 Å². The van der Waals surface area contributed by atoms with Crippen LogP contribution in [0.5, 0.6) is 0 Å². The van der Waals surface area contributed by atoms with Gasteiger partial charge >= 0.3 is 0 Å². The highest BCUT2D eigenvalue weighted by atomic mass is 79.9. The molecule has 42 heavy (non-hydrogen) atoms. The van der Waals surface area contributed by atoms with Crippen molar-refractivity contribution in [3.8, 4) is 16.9 Å². The topological polar surface area (TPSA) is 145 Å². The number of amides is 2. The number of hydrogen-bond acceptors (Lipinski definition) is 6. The van der Waals surface area contributed by atoms with E-state index in [9.17, 15) is 18.0 Å². The van der Waals surface area contributed by atoms with Crippen molar-refractivity contribution in [1.82, 2.24) is 15.1 Å². The molecule has 1 heterocycles. The maximum absolute atomic E-state index is 12.2. The lowest BCUT2D eigenvalue weighted by Crippen LogP contribution is -2.30. The van der Waals surface area contributed by atoms with Crippen molar-refractivity contribution in [2.75, 3.05) is 25.1 Å². The number of sulfonamides is 1. The van der Waals surface area contributed by atoms with E-state index in [0.29, 0.717) is 24.3 Å². The number of primary sulfonamides is 1. The Hall–Kier alpha value is -3.84. The number of nitrogens with one attached hydrogen (secondary N) is 2. The van der Waals surface area contributed by atoms with E-state index in [1.807, 2.05) is 49.4 Å². The number of carbonyl (C=O) groups is 2. The van der Waals surface area contributed by atoms with E-state index in [0.717, 1.165) is 39.8 Å². The summed E-state index contributed by atoms with van der Waals surface area (Å²) in [6, 6.07) is 23.4. The molecule has 220 valence electrons. The van der Waals surface area contributed by atoms with Crippen molar-refractivity contribution in [2.24, 2.45) is 5.14 Å². The fraction of sp³-hybridized carbons (Fsp3) is 0.233. The van der Waals surface area contributed by atoms with Crippen molar-refractivity contribution in [3.05, 3.63) is 94.6 Å². The molecule has 1 aromatic heterocycles. The highest BCUT2D eigenvalue weighted by Gasteiger charge is 2.14. The molecule has 0 fully saturated rings. The van der Waals surface area contributed by atoms with Crippen LogP contribution in [-0.2, 0) is 30.8 Å². The quantitative estimate of drug-likeness (QED) is 0.182. The zero-order valence-corrected chi connectivity index (χ0v) is 25.4. The first-order chi connectivity index (χ1) is 20.1. The Morgan fingerprint density at radius 1 is 0.952 bits per heavy atom. The number of anilines is 1. The highest BCUT2D eigenvalue weighted by Crippen LogP contribution is 2.27. The molecule has 0 saturated heterocycles. The van der Waals surface area contributed by atoms with Gasteiger partial charge in [0, 0.05) is 28.7 Å². The summed E-state index contributed by atoms with van der Waals surface area (Å²) in [6.45, 7) is 2.24. The highest BCUT2D eigenvalue weighted by molar-refractivity contribution is 9.10. The number of ether oxygens (including phenoxy) is 1. The molecule has 4 aromatic rings. The summed E-state index contributed by atoms with van der Waals surface area (Å²) in [5.41, 5.74) is 4.84. The Morgan fingerprint density at radius 2 is 1.62 bits per heavy atom. The number of nitrogens with zero attached hydrogens (tertiary/aromatic N) is 2. The second-order valence-corrected chi connectivity index (χ2v) is 12.1. The molecule has 0 aliphatic rings. The van der Waals surface area contributed by atoms with E-state index in [-0.39, 0.29) is 29.9 Å². The van der Waals surface area contributed by atoms with Crippen LogP contribution in [0.25, 0.3) is 16.9 Å². The molecule has 0 unspecified atom stereocenters. The van der Waals surface area contributed by atoms with E-state index in [1.165, 1.54) is 12.1 Å². The SMILES string of the molecule is CCCCNC(=O)COCC(=O)Nc1ccc(Cc2cc(-c3ccc(Br)cc3)n(-c3ccc(S(N)(=O)=O)cc3)n2)cc1. The maximum Gasteiger partial charge on any atom is 0.250 e. The summed E-state index contributed by atoms with van der Waals surface area (Å²) < 4.78 is 31.3. The molecule has 4 N–H and O–H groups in total. The lowest BCUT2D eigenvalue weighted by atomic mass is 10.1. The minimum absolute atomic E-state index is 0.0236. The monoisotopic (exact) mass is 653 g/mol. The van der Waals surface area contributed by atoms with Gasteiger partial charge in [0.25, 0.3) is 0 Å². The summed E-state index contributed by atoms with van der Waals surface area (Å²) >= 11 is 3.47. The summed E-state index contributed by atoms with van der Waals surface area (Å²) in [7, 11) is -3.81. The number of benzene rings is 3. The van der Waals surface area contributed by atoms with E-state index in [1.54, 1.807) is 28.9 Å². The fourth-order valence-electron chi connectivity index (χ4n) is 4.12. The number of hydrogen-bond donors (Lipinski definition) is 3. The number of unbranched alkanes of at least 4 members (excludes halogenated alkanes) is 1. The molecule has 0 spiro atoms. The van der Waals surface area contributed by atoms with E-state index in [4.69, 9.17) is 15.0 Å². The third kappa shape index (κ3) is 8.83. The van der Waals surface area contributed by atoms with Gasteiger partial charge in [0.2, 0.25) is 21.8 Å². The van der Waals surface area contributed by atoms with Gasteiger partial charge in [-0.3, -0.25) is 9.59 Å². The molecule has 0 saturated carbocycles. The Kier molecular flexibility index (Phi) is 10.6. The second-order valence-electron chi connectivity index (χ2n) is 9.60. The van der Waals surface area contributed by atoms with Crippen LogP contribution in [-0.4, -0.2) is 49.8 Å². The summed E-state index contributed by atoms with van der Waals surface area (Å²) in [5.74, 6) is -0.595. The maximum atomic E-state index is 12.2. The van der Waals surface area contributed by atoms with Gasteiger partial charge in [0.05, 0.1) is 22.0 Å². The van der Waals surface area contributed by atoms with Gasteiger partial charge in [-0.25, -0.2) is 18.2 Å². The zero-order valence-electron chi connectivity index (χ0n) is 23.0. The van der Waals surface area contributed by atoms with Crippen LogP contribution < -0.4 is 15.8 Å². The number of aromatic nitrogens is 2. The lowest BCUT2D eigenvalue weighted by Gasteiger charge is -2.09. The Bertz CT molecular complexity index is 1620. The molecule has 0 aliphatic heterocycles. The predicted molar refractivity (Wildman–Crippen MR) is 165 cm³/mol. The smallest absolute Gasteiger partial charge is 0.250 e. The van der Waals surface area contributed by atoms with E-state index >= 15 is 0 Å². The van der Waals surface area contributed by atoms with Gasteiger partial charge in [-0.1, -0.05) is 53.5 Å². The molecule has 0 radical (unpaired) electrons. The molecule has 3 aromatic carbocycles. The molecular weight excluding hydrogens is 622 g/mol. The van der Waals surface area contributed by atoms with Crippen LogP contribution >= 0.6 is 15.9 Å². The molecule has 0 bridgehead atoms. The minimum atomic E-state index is -3.81. The lowest BCUT2D eigenvalue weighted by molar-refractivity contribution is -0.128. The molecule has 10 nitrogen and oxygen atoms in total. The predicted octanol–water partition coefficient (Wildman–Crippen LogP) is 4.41. The standard InChI is InChI=1S/C30H32BrN5O5S/c1-2-3-16-33-29(37)19-41-20-30(38)34-24-10-4-21(5-11-24)17-25-18-28(22-6-8-23(31)9-7-22)36(35-25)26-12-14-27(15-13-26)42(32,39)40/h4-15,18H,2-3,16-17,19-20H2,1H3,(H,33,37)(H,34,38)(H2,32,39,40). The number of carbonyl (C=O) groups excluding carboxylic acids is 2. The molecule has 4 rings (SSSR count). The van der Waals surface area contributed by atoms with Crippen LogP contribution in [0, 0.1) is 0 Å². The Morgan fingerprint density at radius 3 is 2.26 bits per heavy atom. The first kappa shape index (κ1) is 31.1. The molecule has 2 amide bonds. The second kappa shape index (κ2) is 14.4. The van der Waals surface area contributed by atoms with Crippen molar-refractivity contribution >= 4 is 43.5 Å². The molecule has 0 aliphatic carbocycles. The van der Waals surface area contributed by atoms with Crippen LogP contribution in [0.2, 0.25) is 0 Å². The number of nitrogens with two attached hydrogens (primary N) is 1. The van der Waals surface area contributed by atoms with Crippen molar-refractivity contribution in [1.29, 1.82) is 0 Å². The first-order valence-corrected chi connectivity index (χ1v) is 15.7. The molecule has 12 heteroatoms. The largest absolute Gasteiger partial charge is 0.362 e. The summed E-state index contributed by atoms with van der Waals surface area (Å²) in [4.78, 5) is 23.9. The summed E-state index contributed by atoms with van der Waals surface area (Å²) in [5, 5.41) is 15.6. The Labute approximate surface area is 253 Å². The van der Waals surface area contributed by atoms with Crippen molar-refractivity contribution in [3.63, 3.8) is 0 Å². The van der Waals surface area contributed by atoms with Gasteiger partial charge in [-0.2, -0.15) is 5.10 Å². The van der Waals surface area contributed by atoms with Gasteiger partial charge in [0.1, 0.15) is 13.2 Å². The molecule has 0 atom stereocenters. The average Bonchev–Trinajstić information content (AvgIpc) is 3.38. The summed E-state index contributed by atoms with van der Waals surface area (Å²) in [6.07, 6.45) is 2.41. The van der Waals surface area contributed by atoms with Crippen LogP contribution in [0.1, 0.15) is 31.0 Å². The van der Waals surface area contributed by atoms with Crippen LogP contribution in [0.4, 0.5) is 5.69 Å². The van der Waals surface area contributed by atoms with Crippen LogP contribution in [0.3, 0.4) is 0 Å². The van der Waals surface area contributed by atoms with Gasteiger partial charge in [-0.05, 0) is 66.6 Å². The van der Waals surface area contributed by atoms with Gasteiger partial charge in [-0.15, -0.1) is 0 Å². The van der Waals surface area contributed by atoms with Gasteiger partial charge < -0.3 is 15.4 Å². The van der Waals surface area contributed by atoms with E-state index < -0.39 is 10.0 Å². The fourth-order valence-corrected chi connectivity index (χ4v) is 4.90. The zero-order chi connectivity index (χ0) is 30.1. The normalized spacial score (nSPS) is 11.3. The third-order valence-electron chi connectivity index (χ3n) is 6.25. The first-order valence-electron chi connectivity index (χ1n) is 13.3. The van der Waals surface area contributed by atoms with E-state index in [2.05, 4.69) is 26.6 Å². The Balaban J connectivity index is 1.43. The molecular formula is C30H32BrN5O5S. The minimum Gasteiger partial charge on any atom is -0.362 e. The van der Waals surface area contributed by atoms with Crippen molar-refractivity contribution < 1.29 is 22.7 Å². The third-order valence-corrected chi connectivity index (χ3v) is 7.71. The van der Waals surface area contributed by atoms with Crippen molar-refractivity contribution in [2.45, 2.75) is 31.1 Å². The number of rotatable bonds is 13. The average molecular weight is 655 g/mol. The number of halogens is 1.